The van der Waals surface area contributed by atoms with Crippen molar-refractivity contribution in [1.29, 1.82) is 0 Å². The third-order valence-corrected chi connectivity index (χ3v) is 3.59. The average Bonchev–Trinajstić information content (AvgIpc) is 2.81. The van der Waals surface area contributed by atoms with Crippen molar-refractivity contribution in [3.8, 4) is 5.75 Å². The fourth-order valence-electron chi connectivity index (χ4n) is 2.49. The van der Waals surface area contributed by atoms with Crippen LogP contribution in [0.1, 0.15) is 29.6 Å². The standard InChI is InChI=1S/C14H18F2N2O2/c15-14(16)20-12-7-2-1-5-10(12)13(19)18-8-9-4-3-6-11(9)17/h1-2,5,7,9,11,14H,3-4,6,8,17H2,(H,18,19). The van der Waals surface area contributed by atoms with Crippen LogP contribution in [0.15, 0.2) is 24.3 Å². The van der Waals surface area contributed by atoms with Crippen LogP contribution in [0, 0.1) is 5.92 Å². The molecule has 0 aromatic heterocycles. The normalized spacial score (nSPS) is 22.0. The van der Waals surface area contributed by atoms with E-state index in [0.717, 1.165) is 19.3 Å². The lowest BCUT2D eigenvalue weighted by Crippen LogP contribution is -2.36. The predicted octanol–water partition coefficient (Wildman–Crippen LogP) is 2.15. The minimum Gasteiger partial charge on any atom is -0.434 e. The molecule has 2 unspecified atom stereocenters. The number of nitrogens with one attached hydrogen (secondary N) is 1. The van der Waals surface area contributed by atoms with Crippen LogP contribution in [-0.4, -0.2) is 25.1 Å². The highest BCUT2D eigenvalue weighted by Crippen LogP contribution is 2.24. The van der Waals surface area contributed by atoms with Crippen molar-refractivity contribution < 1.29 is 18.3 Å². The fourth-order valence-corrected chi connectivity index (χ4v) is 2.49. The van der Waals surface area contributed by atoms with E-state index in [1.54, 1.807) is 12.1 Å². The molecule has 0 radical (unpaired) electrons. The van der Waals surface area contributed by atoms with Crippen molar-refractivity contribution in [2.75, 3.05) is 6.54 Å². The molecule has 0 saturated heterocycles. The largest absolute Gasteiger partial charge is 0.434 e. The Morgan fingerprint density at radius 1 is 1.40 bits per heavy atom. The van der Waals surface area contributed by atoms with Crippen LogP contribution in [0.5, 0.6) is 5.75 Å². The molecule has 1 fully saturated rings. The smallest absolute Gasteiger partial charge is 0.387 e. The van der Waals surface area contributed by atoms with Crippen LogP contribution in [0.4, 0.5) is 8.78 Å². The van der Waals surface area contributed by atoms with E-state index >= 15 is 0 Å². The lowest BCUT2D eigenvalue weighted by Gasteiger charge is -2.16. The minimum atomic E-state index is -2.95. The van der Waals surface area contributed by atoms with E-state index in [1.165, 1.54) is 12.1 Å². The molecule has 20 heavy (non-hydrogen) atoms. The van der Waals surface area contributed by atoms with Crippen LogP contribution in [0.3, 0.4) is 0 Å². The SMILES string of the molecule is NC1CCCC1CNC(=O)c1ccccc1OC(F)F. The molecule has 1 amide bonds. The lowest BCUT2D eigenvalue weighted by molar-refractivity contribution is -0.0501. The molecule has 110 valence electrons. The van der Waals surface area contributed by atoms with Crippen LogP contribution in [-0.2, 0) is 0 Å². The molecular formula is C14H18F2N2O2. The number of carbonyl (C=O) groups excluding carboxylic acids is 1. The molecule has 1 aromatic carbocycles. The van der Waals surface area contributed by atoms with Crippen molar-refractivity contribution in [1.82, 2.24) is 5.32 Å². The first-order valence-corrected chi connectivity index (χ1v) is 6.65. The molecule has 2 atom stereocenters. The summed E-state index contributed by atoms with van der Waals surface area (Å²) >= 11 is 0. The van der Waals surface area contributed by atoms with Gasteiger partial charge in [0.15, 0.2) is 0 Å². The molecule has 1 aromatic rings. The summed E-state index contributed by atoms with van der Waals surface area (Å²) in [6.07, 6.45) is 3.01. The Labute approximate surface area is 116 Å². The van der Waals surface area contributed by atoms with Crippen LogP contribution in [0.25, 0.3) is 0 Å². The zero-order chi connectivity index (χ0) is 14.5. The number of hydrogen-bond donors (Lipinski definition) is 2. The number of carbonyl (C=O) groups is 1. The highest BCUT2D eigenvalue weighted by molar-refractivity contribution is 5.96. The van der Waals surface area contributed by atoms with Gasteiger partial charge in [-0.1, -0.05) is 18.6 Å². The molecule has 0 spiro atoms. The van der Waals surface area contributed by atoms with Crippen molar-refractivity contribution in [3.63, 3.8) is 0 Å². The summed E-state index contributed by atoms with van der Waals surface area (Å²) in [5.41, 5.74) is 6.04. The summed E-state index contributed by atoms with van der Waals surface area (Å²) in [6.45, 7) is -2.49. The van der Waals surface area contributed by atoms with Gasteiger partial charge in [-0.2, -0.15) is 8.78 Å². The van der Waals surface area contributed by atoms with E-state index < -0.39 is 12.5 Å². The van der Waals surface area contributed by atoms with Crippen molar-refractivity contribution >= 4 is 5.91 Å². The van der Waals surface area contributed by atoms with Gasteiger partial charge in [0.2, 0.25) is 0 Å². The Morgan fingerprint density at radius 2 is 2.15 bits per heavy atom. The number of halogens is 2. The number of nitrogens with two attached hydrogens (primary N) is 1. The maximum atomic E-state index is 12.3. The molecule has 1 aliphatic rings. The Hall–Kier alpha value is -1.69. The third kappa shape index (κ3) is 3.66. The third-order valence-electron chi connectivity index (χ3n) is 3.59. The summed E-state index contributed by atoms with van der Waals surface area (Å²) in [5.74, 6) is -0.279. The Morgan fingerprint density at radius 3 is 2.80 bits per heavy atom. The molecule has 0 heterocycles. The monoisotopic (exact) mass is 284 g/mol. The van der Waals surface area contributed by atoms with Gasteiger partial charge in [0.1, 0.15) is 5.75 Å². The second-order valence-corrected chi connectivity index (χ2v) is 4.94. The Kier molecular flexibility index (Phi) is 4.89. The molecule has 0 aliphatic heterocycles. The fraction of sp³-hybridized carbons (Fsp3) is 0.500. The van der Waals surface area contributed by atoms with Gasteiger partial charge in [-0.15, -0.1) is 0 Å². The molecule has 1 aliphatic carbocycles. The summed E-state index contributed by atoms with van der Waals surface area (Å²) in [6, 6.07) is 6.06. The zero-order valence-corrected chi connectivity index (χ0v) is 11.0. The number of para-hydroxylation sites is 1. The summed E-state index contributed by atoms with van der Waals surface area (Å²) < 4.78 is 28.9. The number of benzene rings is 1. The molecule has 4 nitrogen and oxygen atoms in total. The topological polar surface area (TPSA) is 64.3 Å². The van der Waals surface area contributed by atoms with Gasteiger partial charge in [-0.3, -0.25) is 4.79 Å². The maximum Gasteiger partial charge on any atom is 0.387 e. The van der Waals surface area contributed by atoms with E-state index in [2.05, 4.69) is 10.1 Å². The zero-order valence-electron chi connectivity index (χ0n) is 11.0. The van der Waals surface area contributed by atoms with Gasteiger partial charge in [-0.25, -0.2) is 0 Å². The highest BCUT2D eigenvalue weighted by Gasteiger charge is 2.24. The molecule has 2 rings (SSSR count). The van der Waals surface area contributed by atoms with Crippen molar-refractivity contribution in [2.24, 2.45) is 11.7 Å². The molecule has 0 bridgehead atoms. The molecule has 3 N–H and O–H groups in total. The highest BCUT2D eigenvalue weighted by atomic mass is 19.3. The molecule has 1 saturated carbocycles. The van der Waals surface area contributed by atoms with E-state index in [9.17, 15) is 13.6 Å². The first-order chi connectivity index (χ1) is 9.58. The van der Waals surface area contributed by atoms with E-state index in [1.807, 2.05) is 0 Å². The second kappa shape index (κ2) is 6.65. The first-order valence-electron chi connectivity index (χ1n) is 6.65. The van der Waals surface area contributed by atoms with Gasteiger partial charge in [-0.05, 0) is 30.9 Å². The first kappa shape index (κ1) is 14.7. The summed E-state index contributed by atoms with van der Waals surface area (Å²) in [4.78, 5) is 12.0. The predicted molar refractivity (Wildman–Crippen MR) is 70.7 cm³/mol. The van der Waals surface area contributed by atoms with E-state index in [0.29, 0.717) is 6.54 Å². The van der Waals surface area contributed by atoms with Gasteiger partial charge in [0.25, 0.3) is 5.91 Å². The minimum absolute atomic E-state index is 0.0999. The Balaban J connectivity index is 1.98. The number of rotatable bonds is 5. The van der Waals surface area contributed by atoms with Gasteiger partial charge in [0.05, 0.1) is 5.56 Å². The lowest BCUT2D eigenvalue weighted by atomic mass is 10.0. The number of amides is 1. The quantitative estimate of drug-likeness (QED) is 0.870. The van der Waals surface area contributed by atoms with E-state index in [4.69, 9.17) is 5.73 Å². The van der Waals surface area contributed by atoms with Crippen molar-refractivity contribution in [2.45, 2.75) is 31.9 Å². The van der Waals surface area contributed by atoms with Gasteiger partial charge < -0.3 is 15.8 Å². The number of ether oxygens (including phenoxy) is 1. The van der Waals surface area contributed by atoms with Crippen LogP contribution >= 0.6 is 0 Å². The molecular weight excluding hydrogens is 266 g/mol. The second-order valence-electron chi connectivity index (χ2n) is 4.94. The maximum absolute atomic E-state index is 12.3. The van der Waals surface area contributed by atoms with E-state index in [-0.39, 0.29) is 23.3 Å². The molecule has 6 heteroatoms. The number of alkyl halides is 2. The van der Waals surface area contributed by atoms with Crippen molar-refractivity contribution in [3.05, 3.63) is 29.8 Å². The van der Waals surface area contributed by atoms with Crippen LogP contribution in [0.2, 0.25) is 0 Å². The average molecular weight is 284 g/mol. The summed E-state index contributed by atoms with van der Waals surface area (Å²) in [5, 5.41) is 2.74. The summed E-state index contributed by atoms with van der Waals surface area (Å²) in [7, 11) is 0. The van der Waals surface area contributed by atoms with Crippen LogP contribution < -0.4 is 15.8 Å². The Bertz CT molecular complexity index is 468. The van der Waals surface area contributed by atoms with Gasteiger partial charge in [0, 0.05) is 12.6 Å². The number of hydrogen-bond acceptors (Lipinski definition) is 3. The van der Waals surface area contributed by atoms with Gasteiger partial charge >= 0.3 is 6.61 Å².